The van der Waals surface area contributed by atoms with Crippen molar-refractivity contribution < 1.29 is 0 Å². The van der Waals surface area contributed by atoms with Crippen molar-refractivity contribution in [3.05, 3.63) is 0 Å². The number of nitriles is 1. The van der Waals surface area contributed by atoms with E-state index in [1.165, 1.54) is 12.8 Å². The second-order valence-corrected chi connectivity index (χ2v) is 4.48. The van der Waals surface area contributed by atoms with Crippen LogP contribution in [0.5, 0.6) is 0 Å². The summed E-state index contributed by atoms with van der Waals surface area (Å²) < 4.78 is 0. The highest BCUT2D eigenvalue weighted by molar-refractivity contribution is 4.88. The smallest absolute Gasteiger partial charge is 0.0655 e. The van der Waals surface area contributed by atoms with E-state index in [0.29, 0.717) is 12.0 Å². The number of hydrogen-bond donors (Lipinski definition) is 1. The Kier molecular flexibility index (Phi) is 4.24. The lowest BCUT2D eigenvalue weighted by atomic mass is 9.87. The molecule has 0 unspecified atom stereocenters. The molecule has 0 amide bonds. The lowest BCUT2D eigenvalue weighted by molar-refractivity contribution is 0.322. The molecule has 13 heavy (non-hydrogen) atoms. The Morgan fingerprint density at radius 2 is 1.92 bits per heavy atom. The lowest BCUT2D eigenvalue weighted by Gasteiger charge is -2.26. The maximum Gasteiger partial charge on any atom is 0.0655 e. The third-order valence-electron chi connectivity index (χ3n) is 2.72. The van der Waals surface area contributed by atoms with Gasteiger partial charge in [-0.25, -0.2) is 0 Å². The van der Waals surface area contributed by atoms with Crippen LogP contribution in [-0.4, -0.2) is 12.6 Å². The van der Waals surface area contributed by atoms with Crippen LogP contribution in [0.1, 0.15) is 39.5 Å². The van der Waals surface area contributed by atoms with Gasteiger partial charge in [0.15, 0.2) is 0 Å². The fourth-order valence-electron chi connectivity index (χ4n) is 1.83. The molecular weight excluding hydrogens is 160 g/mol. The Morgan fingerprint density at radius 3 is 2.38 bits per heavy atom. The summed E-state index contributed by atoms with van der Waals surface area (Å²) in [6, 6.07) is 3.03. The number of hydrogen-bond acceptors (Lipinski definition) is 2. The maximum atomic E-state index is 8.73. The first kappa shape index (κ1) is 10.5. The first-order valence-corrected chi connectivity index (χ1v) is 5.35. The first-order valence-electron chi connectivity index (χ1n) is 5.35. The van der Waals surface area contributed by atoms with Gasteiger partial charge in [-0.05, 0) is 38.1 Å². The fourth-order valence-corrected chi connectivity index (χ4v) is 1.83. The standard InChI is InChI=1S/C11H20N2/c1-9(2)8-13-11-5-3-10(7-12)4-6-11/h9-11,13H,3-6,8H2,1-2H3. The zero-order valence-electron chi connectivity index (χ0n) is 8.71. The molecule has 1 N–H and O–H groups in total. The minimum absolute atomic E-state index is 0.331. The molecule has 0 aromatic rings. The van der Waals surface area contributed by atoms with Gasteiger partial charge in [-0.15, -0.1) is 0 Å². The van der Waals surface area contributed by atoms with Crippen molar-refractivity contribution in [2.24, 2.45) is 11.8 Å². The topological polar surface area (TPSA) is 35.8 Å². The van der Waals surface area contributed by atoms with Gasteiger partial charge in [0.2, 0.25) is 0 Å². The van der Waals surface area contributed by atoms with Crippen molar-refractivity contribution in [3.8, 4) is 6.07 Å². The average Bonchev–Trinajstić information content (AvgIpc) is 2.15. The second kappa shape index (κ2) is 5.24. The molecule has 0 aromatic carbocycles. The van der Waals surface area contributed by atoms with E-state index >= 15 is 0 Å². The van der Waals surface area contributed by atoms with Gasteiger partial charge < -0.3 is 5.32 Å². The summed E-state index contributed by atoms with van der Waals surface area (Å²) in [4.78, 5) is 0. The fraction of sp³-hybridized carbons (Fsp3) is 0.909. The van der Waals surface area contributed by atoms with Crippen LogP contribution in [0.4, 0.5) is 0 Å². The Bertz CT molecular complexity index is 173. The van der Waals surface area contributed by atoms with Crippen LogP contribution in [0.15, 0.2) is 0 Å². The molecule has 0 aromatic heterocycles. The molecule has 1 fully saturated rings. The lowest BCUT2D eigenvalue weighted by Crippen LogP contribution is -2.35. The number of nitrogens with one attached hydrogen (secondary N) is 1. The normalized spacial score (nSPS) is 28.8. The highest BCUT2D eigenvalue weighted by Crippen LogP contribution is 2.23. The predicted molar refractivity (Wildman–Crippen MR) is 54.2 cm³/mol. The largest absolute Gasteiger partial charge is 0.314 e. The predicted octanol–water partition coefficient (Wildman–Crippen LogP) is 2.31. The van der Waals surface area contributed by atoms with Gasteiger partial charge >= 0.3 is 0 Å². The molecule has 0 radical (unpaired) electrons. The quantitative estimate of drug-likeness (QED) is 0.723. The van der Waals surface area contributed by atoms with Gasteiger partial charge in [0.1, 0.15) is 0 Å². The molecule has 0 saturated heterocycles. The Labute approximate surface area is 81.3 Å². The Balaban J connectivity index is 2.15. The zero-order valence-corrected chi connectivity index (χ0v) is 8.71. The molecule has 2 nitrogen and oxygen atoms in total. The maximum absolute atomic E-state index is 8.73. The van der Waals surface area contributed by atoms with Crippen molar-refractivity contribution in [3.63, 3.8) is 0 Å². The minimum atomic E-state index is 0.331. The van der Waals surface area contributed by atoms with Crippen molar-refractivity contribution in [2.75, 3.05) is 6.54 Å². The first-order chi connectivity index (χ1) is 6.22. The number of rotatable bonds is 3. The molecule has 0 aliphatic heterocycles. The average molecular weight is 180 g/mol. The molecule has 0 atom stereocenters. The highest BCUT2D eigenvalue weighted by atomic mass is 14.9. The van der Waals surface area contributed by atoms with Crippen molar-refractivity contribution in [1.82, 2.24) is 5.32 Å². The summed E-state index contributed by atoms with van der Waals surface area (Å²) in [6.07, 6.45) is 4.55. The SMILES string of the molecule is CC(C)CNC1CCC(C#N)CC1. The summed E-state index contributed by atoms with van der Waals surface area (Å²) >= 11 is 0. The summed E-state index contributed by atoms with van der Waals surface area (Å²) in [5.41, 5.74) is 0. The summed E-state index contributed by atoms with van der Waals surface area (Å²) in [5, 5.41) is 12.3. The molecule has 0 heterocycles. The van der Waals surface area contributed by atoms with Crippen LogP contribution in [-0.2, 0) is 0 Å². The van der Waals surface area contributed by atoms with Crippen molar-refractivity contribution in [2.45, 2.75) is 45.6 Å². The van der Waals surface area contributed by atoms with Crippen LogP contribution in [0.2, 0.25) is 0 Å². The molecule has 74 valence electrons. The highest BCUT2D eigenvalue weighted by Gasteiger charge is 2.20. The van der Waals surface area contributed by atoms with E-state index in [0.717, 1.165) is 25.3 Å². The summed E-state index contributed by atoms with van der Waals surface area (Å²) in [6.45, 7) is 5.57. The van der Waals surface area contributed by atoms with Crippen LogP contribution >= 0.6 is 0 Å². The van der Waals surface area contributed by atoms with Crippen LogP contribution in [0.3, 0.4) is 0 Å². The molecule has 0 spiro atoms. The van der Waals surface area contributed by atoms with Crippen LogP contribution in [0.25, 0.3) is 0 Å². The van der Waals surface area contributed by atoms with E-state index in [1.54, 1.807) is 0 Å². The van der Waals surface area contributed by atoms with E-state index in [1.807, 2.05) is 0 Å². The third-order valence-corrected chi connectivity index (χ3v) is 2.72. The van der Waals surface area contributed by atoms with Crippen LogP contribution in [0, 0.1) is 23.2 Å². The van der Waals surface area contributed by atoms with E-state index < -0.39 is 0 Å². The molecule has 1 saturated carbocycles. The van der Waals surface area contributed by atoms with Gasteiger partial charge in [0.05, 0.1) is 6.07 Å². The zero-order chi connectivity index (χ0) is 9.68. The molecule has 1 aliphatic carbocycles. The number of nitrogens with zero attached hydrogens (tertiary/aromatic N) is 1. The third kappa shape index (κ3) is 3.78. The van der Waals surface area contributed by atoms with Gasteiger partial charge in [0.25, 0.3) is 0 Å². The van der Waals surface area contributed by atoms with Gasteiger partial charge in [0, 0.05) is 12.0 Å². The van der Waals surface area contributed by atoms with E-state index in [4.69, 9.17) is 5.26 Å². The van der Waals surface area contributed by atoms with E-state index in [-0.39, 0.29) is 0 Å². The molecule has 1 rings (SSSR count). The minimum Gasteiger partial charge on any atom is -0.314 e. The molecular formula is C11H20N2. The summed E-state index contributed by atoms with van der Waals surface area (Å²) in [7, 11) is 0. The van der Waals surface area contributed by atoms with Gasteiger partial charge in [-0.1, -0.05) is 13.8 Å². The van der Waals surface area contributed by atoms with Crippen LogP contribution < -0.4 is 5.32 Å². The summed E-state index contributed by atoms with van der Waals surface area (Å²) in [5.74, 6) is 1.06. The van der Waals surface area contributed by atoms with Gasteiger partial charge in [-0.3, -0.25) is 0 Å². The second-order valence-electron chi connectivity index (χ2n) is 4.48. The molecule has 2 heteroatoms. The Hall–Kier alpha value is -0.550. The Morgan fingerprint density at radius 1 is 1.31 bits per heavy atom. The van der Waals surface area contributed by atoms with Crippen molar-refractivity contribution in [1.29, 1.82) is 5.26 Å². The van der Waals surface area contributed by atoms with E-state index in [9.17, 15) is 0 Å². The van der Waals surface area contributed by atoms with E-state index in [2.05, 4.69) is 25.2 Å². The molecule has 0 bridgehead atoms. The van der Waals surface area contributed by atoms with Crippen molar-refractivity contribution >= 4 is 0 Å². The van der Waals surface area contributed by atoms with Gasteiger partial charge in [-0.2, -0.15) is 5.26 Å². The monoisotopic (exact) mass is 180 g/mol. The molecule has 1 aliphatic rings.